The first kappa shape index (κ1) is 24.6. The highest BCUT2D eigenvalue weighted by molar-refractivity contribution is 5.83. The van der Waals surface area contributed by atoms with Gasteiger partial charge < -0.3 is 14.4 Å². The van der Waals surface area contributed by atoms with Crippen molar-refractivity contribution < 1.29 is 13.9 Å². The van der Waals surface area contributed by atoms with Gasteiger partial charge in [-0.3, -0.25) is 9.13 Å². The van der Waals surface area contributed by atoms with Crippen LogP contribution >= 0.6 is 0 Å². The minimum atomic E-state index is -0.190. The summed E-state index contributed by atoms with van der Waals surface area (Å²) in [6.07, 6.45) is 5.12. The van der Waals surface area contributed by atoms with E-state index in [1.807, 2.05) is 64.6 Å². The van der Waals surface area contributed by atoms with Gasteiger partial charge in [-0.1, -0.05) is 36.4 Å². The zero-order valence-corrected chi connectivity index (χ0v) is 22.0. The minimum Gasteiger partial charge on any atom is -0.494 e. The van der Waals surface area contributed by atoms with Crippen LogP contribution in [0.2, 0.25) is 0 Å². The summed E-state index contributed by atoms with van der Waals surface area (Å²) in [6.45, 7) is 3.72. The number of aromatic nitrogens is 2. The molecule has 1 aliphatic heterocycles. The lowest BCUT2D eigenvalue weighted by atomic mass is 9.96. The van der Waals surface area contributed by atoms with Gasteiger partial charge in [0.05, 0.1) is 31.0 Å². The molecule has 198 valence electrons. The maximum atomic E-state index is 14.6. The van der Waals surface area contributed by atoms with Crippen molar-refractivity contribution >= 4 is 16.7 Å². The Labute approximate surface area is 222 Å². The van der Waals surface area contributed by atoms with Gasteiger partial charge in [-0.15, -0.1) is 0 Å². The maximum absolute atomic E-state index is 14.6. The number of para-hydroxylation sites is 3. The van der Waals surface area contributed by atoms with Crippen molar-refractivity contribution in [2.45, 2.75) is 57.7 Å². The molecule has 0 N–H and O–H groups in total. The number of aryl methyl sites for hydroxylation is 1. The number of ether oxygens (including phenoxy) is 2. The normalized spacial score (nSPS) is 16.6. The Morgan fingerprint density at radius 1 is 0.921 bits per heavy atom. The average Bonchev–Trinajstić information content (AvgIpc) is 3.18. The molecule has 0 unspecified atom stereocenters. The van der Waals surface area contributed by atoms with E-state index in [1.165, 1.54) is 12.5 Å². The fourth-order valence-electron chi connectivity index (χ4n) is 5.93. The van der Waals surface area contributed by atoms with Crippen LogP contribution in [0.3, 0.4) is 0 Å². The summed E-state index contributed by atoms with van der Waals surface area (Å²) in [7, 11) is 1.64. The number of benzene rings is 3. The molecule has 1 aromatic heterocycles. The maximum Gasteiger partial charge on any atom is 0.329 e. The standard InChI is InChI=1S/C31H34FN3O3/c1-21-8-5-12-25(32)29(21)33-18-16-23(17-19-33)35-26-13-7-15-28(37-2)30(26)34(31(35)36)20-22-9-3-4-14-27(22)38-24-10-6-11-24/h3-5,7-9,12-15,23-24H,6,10-11,16-20H2,1-2H3. The molecule has 1 saturated heterocycles. The molecule has 6 rings (SSSR count). The van der Waals surface area contributed by atoms with Crippen LogP contribution < -0.4 is 20.1 Å². The van der Waals surface area contributed by atoms with Gasteiger partial charge in [-0.25, -0.2) is 9.18 Å². The lowest BCUT2D eigenvalue weighted by Crippen LogP contribution is -2.38. The molecule has 0 atom stereocenters. The largest absolute Gasteiger partial charge is 0.494 e. The van der Waals surface area contributed by atoms with Crippen molar-refractivity contribution in [2.24, 2.45) is 0 Å². The van der Waals surface area contributed by atoms with Crippen LogP contribution in [-0.2, 0) is 6.54 Å². The number of hydrogen-bond donors (Lipinski definition) is 0. The summed E-state index contributed by atoms with van der Waals surface area (Å²) < 4.78 is 30.4. The van der Waals surface area contributed by atoms with E-state index in [-0.39, 0.29) is 23.7 Å². The van der Waals surface area contributed by atoms with E-state index < -0.39 is 0 Å². The van der Waals surface area contributed by atoms with Crippen LogP contribution in [0.4, 0.5) is 10.1 Å². The Morgan fingerprint density at radius 3 is 2.37 bits per heavy atom. The molecule has 38 heavy (non-hydrogen) atoms. The van der Waals surface area contributed by atoms with Gasteiger partial charge in [0.15, 0.2) is 0 Å². The second kappa shape index (κ2) is 10.2. The van der Waals surface area contributed by atoms with Gasteiger partial charge in [0.1, 0.15) is 22.8 Å². The molecule has 0 amide bonds. The molecule has 6 nitrogen and oxygen atoms in total. The third-order valence-electron chi connectivity index (χ3n) is 8.15. The number of rotatable bonds is 7. The molecule has 2 aliphatic rings. The smallest absolute Gasteiger partial charge is 0.329 e. The Balaban J connectivity index is 1.35. The van der Waals surface area contributed by atoms with Gasteiger partial charge in [-0.2, -0.15) is 0 Å². The Bertz CT molecular complexity index is 1490. The number of methoxy groups -OCH3 is 1. The Kier molecular flexibility index (Phi) is 6.60. The van der Waals surface area contributed by atoms with Crippen molar-refractivity contribution in [1.29, 1.82) is 0 Å². The van der Waals surface area contributed by atoms with Crippen LogP contribution in [0.25, 0.3) is 11.0 Å². The summed E-state index contributed by atoms with van der Waals surface area (Å²) in [5.74, 6) is 1.33. The van der Waals surface area contributed by atoms with Gasteiger partial charge in [0.2, 0.25) is 0 Å². The zero-order valence-electron chi connectivity index (χ0n) is 22.0. The molecule has 0 radical (unpaired) electrons. The fraction of sp³-hybridized carbons (Fsp3) is 0.387. The number of nitrogens with zero attached hydrogens (tertiary/aromatic N) is 3. The van der Waals surface area contributed by atoms with Gasteiger partial charge >= 0.3 is 5.69 Å². The van der Waals surface area contributed by atoms with Crippen LogP contribution in [0.15, 0.2) is 65.5 Å². The second-order valence-electron chi connectivity index (χ2n) is 10.5. The van der Waals surface area contributed by atoms with Crippen molar-refractivity contribution in [3.63, 3.8) is 0 Å². The number of halogens is 1. The Hall–Kier alpha value is -3.74. The van der Waals surface area contributed by atoms with Gasteiger partial charge in [0.25, 0.3) is 0 Å². The monoisotopic (exact) mass is 515 g/mol. The first-order valence-corrected chi connectivity index (χ1v) is 13.6. The molecule has 1 aliphatic carbocycles. The van der Waals surface area contributed by atoms with Gasteiger partial charge in [-0.05, 0) is 68.9 Å². The van der Waals surface area contributed by atoms with E-state index >= 15 is 0 Å². The van der Waals surface area contributed by atoms with E-state index in [0.717, 1.165) is 53.6 Å². The molecular weight excluding hydrogens is 481 g/mol. The van der Waals surface area contributed by atoms with Crippen LogP contribution in [0.1, 0.15) is 49.3 Å². The number of piperidine rings is 1. The van der Waals surface area contributed by atoms with E-state index in [2.05, 4.69) is 4.90 Å². The molecule has 1 saturated carbocycles. The quantitative estimate of drug-likeness (QED) is 0.299. The summed E-state index contributed by atoms with van der Waals surface area (Å²) in [6, 6.07) is 19.1. The predicted octanol–water partition coefficient (Wildman–Crippen LogP) is 6.08. The summed E-state index contributed by atoms with van der Waals surface area (Å²) >= 11 is 0. The molecule has 4 aromatic rings. The third-order valence-corrected chi connectivity index (χ3v) is 8.15. The molecule has 7 heteroatoms. The first-order chi connectivity index (χ1) is 18.5. The number of anilines is 1. The number of fused-ring (bicyclic) bond motifs is 1. The van der Waals surface area contributed by atoms with E-state index in [0.29, 0.717) is 31.1 Å². The average molecular weight is 516 g/mol. The highest BCUT2D eigenvalue weighted by Crippen LogP contribution is 2.34. The third kappa shape index (κ3) is 4.34. The molecular formula is C31H34FN3O3. The molecule has 0 bridgehead atoms. The number of hydrogen-bond acceptors (Lipinski definition) is 4. The summed E-state index contributed by atoms with van der Waals surface area (Å²) in [5.41, 5.74) is 4.20. The molecule has 3 aromatic carbocycles. The first-order valence-electron chi connectivity index (χ1n) is 13.6. The van der Waals surface area contributed by atoms with E-state index in [4.69, 9.17) is 9.47 Å². The zero-order chi connectivity index (χ0) is 26.2. The van der Waals surface area contributed by atoms with E-state index in [9.17, 15) is 9.18 Å². The van der Waals surface area contributed by atoms with E-state index in [1.54, 1.807) is 13.2 Å². The minimum absolute atomic E-state index is 0.0168. The van der Waals surface area contributed by atoms with Crippen LogP contribution in [-0.4, -0.2) is 35.4 Å². The molecule has 0 spiro atoms. The Morgan fingerprint density at radius 2 is 1.66 bits per heavy atom. The highest BCUT2D eigenvalue weighted by Gasteiger charge is 2.28. The van der Waals surface area contributed by atoms with Crippen molar-refractivity contribution in [1.82, 2.24) is 9.13 Å². The highest BCUT2D eigenvalue weighted by atomic mass is 19.1. The van der Waals surface area contributed by atoms with Crippen LogP contribution in [0.5, 0.6) is 11.5 Å². The summed E-state index contributed by atoms with van der Waals surface area (Å²) in [4.78, 5) is 16.2. The fourth-order valence-corrected chi connectivity index (χ4v) is 5.93. The molecule has 2 heterocycles. The SMILES string of the molecule is COc1cccc2c1n(Cc1ccccc1OC1CCC1)c(=O)n2C1CCN(c2c(C)cccc2F)CC1. The molecule has 2 fully saturated rings. The van der Waals surface area contributed by atoms with Crippen molar-refractivity contribution in [3.8, 4) is 11.5 Å². The number of imidazole rings is 1. The van der Waals surface area contributed by atoms with Crippen LogP contribution in [0, 0.1) is 12.7 Å². The van der Waals surface area contributed by atoms with Crippen molar-refractivity contribution in [2.75, 3.05) is 25.1 Å². The second-order valence-corrected chi connectivity index (χ2v) is 10.5. The predicted molar refractivity (Wildman–Crippen MR) is 148 cm³/mol. The lowest BCUT2D eigenvalue weighted by Gasteiger charge is -2.35. The topological polar surface area (TPSA) is 48.6 Å². The van der Waals surface area contributed by atoms with Crippen molar-refractivity contribution in [3.05, 3.63) is 88.1 Å². The van der Waals surface area contributed by atoms with Gasteiger partial charge in [0, 0.05) is 24.7 Å². The lowest BCUT2D eigenvalue weighted by molar-refractivity contribution is 0.119. The summed E-state index contributed by atoms with van der Waals surface area (Å²) in [5, 5.41) is 0.